The highest BCUT2D eigenvalue weighted by molar-refractivity contribution is 5.69. The minimum absolute atomic E-state index is 0.157. The van der Waals surface area contributed by atoms with Gasteiger partial charge in [-0.25, -0.2) is 4.79 Å². The third kappa shape index (κ3) is 4.03. The van der Waals surface area contributed by atoms with E-state index in [-0.39, 0.29) is 19.0 Å². The van der Waals surface area contributed by atoms with Crippen molar-refractivity contribution in [3.8, 4) is 11.5 Å². The van der Waals surface area contributed by atoms with Crippen LogP contribution in [0.5, 0.6) is 0 Å². The Bertz CT molecular complexity index is 942. The highest BCUT2D eigenvalue weighted by Crippen LogP contribution is 2.14. The molecule has 0 saturated heterocycles. The number of ether oxygens (including phenoxy) is 1. The van der Waals surface area contributed by atoms with Crippen molar-refractivity contribution in [2.24, 2.45) is 0 Å². The van der Waals surface area contributed by atoms with Crippen LogP contribution in [0.25, 0.3) is 11.5 Å². The Labute approximate surface area is 144 Å². The average molecular weight is 338 g/mol. The lowest BCUT2D eigenvalue weighted by Gasteiger charge is -2.08. The van der Waals surface area contributed by atoms with Gasteiger partial charge in [0.15, 0.2) is 0 Å². The second-order valence-corrected chi connectivity index (χ2v) is 5.79. The first-order valence-electron chi connectivity index (χ1n) is 7.88. The largest absolute Gasteiger partial charge is 0.459 e. The maximum atomic E-state index is 12.0. The van der Waals surface area contributed by atoms with Gasteiger partial charge in [-0.05, 0) is 37.1 Å². The molecule has 0 N–H and O–H groups in total. The van der Waals surface area contributed by atoms with E-state index in [1.807, 2.05) is 50.2 Å². The molecule has 0 amide bonds. The zero-order valence-electron chi connectivity index (χ0n) is 14.1. The van der Waals surface area contributed by atoms with Crippen LogP contribution in [-0.4, -0.2) is 15.7 Å². The van der Waals surface area contributed by atoms with Crippen LogP contribution in [0.15, 0.2) is 57.7 Å². The van der Waals surface area contributed by atoms with Gasteiger partial charge in [0.05, 0.1) is 0 Å². The molecular weight excluding hydrogens is 320 g/mol. The quantitative estimate of drug-likeness (QED) is 0.669. The van der Waals surface area contributed by atoms with Crippen LogP contribution in [0.3, 0.4) is 0 Å². The Morgan fingerprint density at radius 2 is 1.92 bits per heavy atom. The lowest BCUT2D eigenvalue weighted by Crippen LogP contribution is -2.23. The number of aryl methyl sites for hydroxylation is 2. The SMILES string of the molecule is Cc1ccc(C)c(COC(=O)Cn2nc(-c3ccccc3)oc2=O)c1. The Hall–Kier alpha value is -3.15. The molecule has 2 aromatic carbocycles. The second kappa shape index (κ2) is 7.17. The molecule has 0 radical (unpaired) electrons. The van der Waals surface area contributed by atoms with Crippen LogP contribution in [0, 0.1) is 13.8 Å². The van der Waals surface area contributed by atoms with Crippen molar-refractivity contribution < 1.29 is 13.9 Å². The van der Waals surface area contributed by atoms with E-state index >= 15 is 0 Å². The fraction of sp³-hybridized carbons (Fsp3) is 0.211. The molecule has 0 unspecified atom stereocenters. The summed E-state index contributed by atoms with van der Waals surface area (Å²) in [4.78, 5) is 23.9. The highest BCUT2D eigenvalue weighted by Gasteiger charge is 2.14. The third-order valence-corrected chi connectivity index (χ3v) is 3.80. The molecule has 0 fully saturated rings. The number of carbonyl (C=O) groups is 1. The van der Waals surface area contributed by atoms with E-state index in [1.54, 1.807) is 12.1 Å². The van der Waals surface area contributed by atoms with Crippen molar-refractivity contribution in [2.45, 2.75) is 27.0 Å². The number of hydrogen-bond acceptors (Lipinski definition) is 5. The number of hydrogen-bond donors (Lipinski definition) is 0. The Kier molecular flexibility index (Phi) is 4.79. The number of carbonyl (C=O) groups excluding carboxylic acids is 1. The summed E-state index contributed by atoms with van der Waals surface area (Å²) in [6, 6.07) is 15.0. The molecule has 0 aliphatic rings. The van der Waals surface area contributed by atoms with Gasteiger partial charge in [-0.1, -0.05) is 42.0 Å². The van der Waals surface area contributed by atoms with Crippen LogP contribution >= 0.6 is 0 Å². The minimum Gasteiger partial charge on any atom is -0.459 e. The number of aromatic nitrogens is 2. The molecule has 6 heteroatoms. The monoisotopic (exact) mass is 338 g/mol. The van der Waals surface area contributed by atoms with E-state index in [0.717, 1.165) is 21.4 Å². The van der Waals surface area contributed by atoms with Crippen LogP contribution < -0.4 is 5.76 Å². The highest BCUT2D eigenvalue weighted by atomic mass is 16.5. The van der Waals surface area contributed by atoms with Crippen molar-refractivity contribution in [1.82, 2.24) is 9.78 Å². The summed E-state index contributed by atoms with van der Waals surface area (Å²) >= 11 is 0. The van der Waals surface area contributed by atoms with Gasteiger partial charge >= 0.3 is 11.7 Å². The molecular formula is C19H18N2O4. The van der Waals surface area contributed by atoms with Crippen LogP contribution in [0.4, 0.5) is 0 Å². The zero-order chi connectivity index (χ0) is 17.8. The molecule has 0 bridgehead atoms. The molecule has 0 saturated carbocycles. The lowest BCUT2D eigenvalue weighted by atomic mass is 10.1. The molecule has 0 aliphatic heterocycles. The minimum atomic E-state index is -0.692. The van der Waals surface area contributed by atoms with E-state index in [2.05, 4.69) is 5.10 Å². The van der Waals surface area contributed by atoms with E-state index in [0.29, 0.717) is 5.56 Å². The van der Waals surface area contributed by atoms with Gasteiger partial charge < -0.3 is 9.15 Å². The van der Waals surface area contributed by atoms with Gasteiger partial charge in [-0.15, -0.1) is 5.10 Å². The van der Waals surface area contributed by atoms with Gasteiger partial charge in [-0.2, -0.15) is 4.68 Å². The summed E-state index contributed by atoms with van der Waals surface area (Å²) in [7, 11) is 0. The second-order valence-electron chi connectivity index (χ2n) is 5.79. The maximum absolute atomic E-state index is 12.0. The van der Waals surface area contributed by atoms with Crippen LogP contribution in [0.2, 0.25) is 0 Å². The van der Waals surface area contributed by atoms with Gasteiger partial charge in [0.2, 0.25) is 5.89 Å². The van der Waals surface area contributed by atoms with Crippen molar-refractivity contribution in [3.63, 3.8) is 0 Å². The van der Waals surface area contributed by atoms with Crippen molar-refractivity contribution in [2.75, 3.05) is 0 Å². The predicted octanol–water partition coefficient (Wildman–Crippen LogP) is 2.86. The third-order valence-electron chi connectivity index (χ3n) is 3.80. The molecule has 1 heterocycles. The lowest BCUT2D eigenvalue weighted by molar-refractivity contribution is -0.146. The summed E-state index contributed by atoms with van der Waals surface area (Å²) in [6.45, 7) is 3.80. The number of esters is 1. The Morgan fingerprint density at radius 1 is 1.16 bits per heavy atom. The normalized spacial score (nSPS) is 10.6. The fourth-order valence-corrected chi connectivity index (χ4v) is 2.39. The fourth-order valence-electron chi connectivity index (χ4n) is 2.39. The summed E-state index contributed by atoms with van der Waals surface area (Å²) in [5.74, 6) is -1.06. The van der Waals surface area contributed by atoms with Gasteiger partial charge in [0.1, 0.15) is 13.2 Å². The summed E-state index contributed by atoms with van der Waals surface area (Å²) in [5.41, 5.74) is 3.74. The van der Waals surface area contributed by atoms with E-state index in [9.17, 15) is 9.59 Å². The van der Waals surface area contributed by atoms with Crippen LogP contribution in [-0.2, 0) is 22.7 Å². The maximum Gasteiger partial charge on any atom is 0.437 e. The van der Waals surface area contributed by atoms with Crippen molar-refractivity contribution in [3.05, 3.63) is 75.8 Å². The van der Waals surface area contributed by atoms with Gasteiger partial charge in [0.25, 0.3) is 0 Å². The topological polar surface area (TPSA) is 74.3 Å². The van der Waals surface area contributed by atoms with E-state index in [1.165, 1.54) is 0 Å². The first kappa shape index (κ1) is 16.7. The molecule has 6 nitrogen and oxygen atoms in total. The predicted molar refractivity (Wildman–Crippen MR) is 91.9 cm³/mol. The van der Waals surface area contributed by atoms with Gasteiger partial charge in [-0.3, -0.25) is 4.79 Å². The molecule has 0 aliphatic carbocycles. The van der Waals surface area contributed by atoms with Crippen molar-refractivity contribution in [1.29, 1.82) is 0 Å². The van der Waals surface area contributed by atoms with E-state index < -0.39 is 11.7 Å². The summed E-state index contributed by atoms with van der Waals surface area (Å²) in [6.07, 6.45) is 0. The number of benzene rings is 2. The molecule has 128 valence electrons. The summed E-state index contributed by atoms with van der Waals surface area (Å²) < 4.78 is 11.3. The first-order chi connectivity index (χ1) is 12.0. The Morgan fingerprint density at radius 3 is 2.68 bits per heavy atom. The Balaban J connectivity index is 1.66. The number of nitrogens with zero attached hydrogens (tertiary/aromatic N) is 2. The smallest absolute Gasteiger partial charge is 0.437 e. The average Bonchev–Trinajstić information content (AvgIpc) is 2.97. The zero-order valence-corrected chi connectivity index (χ0v) is 14.1. The number of rotatable bonds is 5. The molecule has 0 spiro atoms. The molecule has 3 aromatic rings. The molecule has 3 rings (SSSR count). The first-order valence-corrected chi connectivity index (χ1v) is 7.88. The molecule has 0 atom stereocenters. The standard InChI is InChI=1S/C19H18N2O4/c1-13-8-9-14(2)16(10-13)12-24-17(22)11-21-19(23)25-18(20-21)15-6-4-3-5-7-15/h3-10H,11-12H2,1-2H3. The molecule has 25 heavy (non-hydrogen) atoms. The van der Waals surface area contributed by atoms with Crippen LogP contribution in [0.1, 0.15) is 16.7 Å². The van der Waals surface area contributed by atoms with Gasteiger partial charge in [0, 0.05) is 5.56 Å². The van der Waals surface area contributed by atoms with E-state index in [4.69, 9.17) is 9.15 Å². The molecule has 1 aromatic heterocycles. The summed E-state index contributed by atoms with van der Waals surface area (Å²) in [5, 5.41) is 4.04. The van der Waals surface area contributed by atoms with Crippen molar-refractivity contribution >= 4 is 5.97 Å².